The van der Waals surface area contributed by atoms with Gasteiger partial charge in [0.1, 0.15) is 11.5 Å². The smallest absolute Gasteiger partial charge is 0.415 e. The lowest BCUT2D eigenvalue weighted by Gasteiger charge is -2.35. The van der Waals surface area contributed by atoms with Crippen LogP contribution in [0.1, 0.15) is 25.3 Å². The third-order valence-corrected chi connectivity index (χ3v) is 9.83. The van der Waals surface area contributed by atoms with Gasteiger partial charge in [0.05, 0.1) is 45.9 Å². The number of ether oxygens (including phenoxy) is 5. The zero-order valence-corrected chi connectivity index (χ0v) is 32.2. The lowest BCUT2D eigenvalue weighted by atomic mass is 9.98. The number of aromatic hydroxyl groups is 3. The maximum Gasteiger partial charge on any atom is 0.415 e. The molecule has 1 aliphatic heterocycles. The molecule has 1 amide bonds. The van der Waals surface area contributed by atoms with Gasteiger partial charge in [-0.25, -0.2) is 9.36 Å². The number of nitrogens with zero attached hydrogens (tertiary/aromatic N) is 6. The molecular formula is C41H42N6O10. The molecule has 7 rings (SSSR count). The molecule has 0 radical (unpaired) electrons. The SMILES string of the molecule is COc1ccc(-c2cnoc2-c2cc(OC)c(OC)c(OC)c2)cc1OC(=O)N1CCN(c2ccc(-n3c(O)nnc3-c3cc(C(C)C)c(O)cc3O)cc2)CC1. The van der Waals surface area contributed by atoms with E-state index in [2.05, 4.69) is 20.3 Å². The van der Waals surface area contributed by atoms with E-state index in [-0.39, 0.29) is 35.0 Å². The van der Waals surface area contributed by atoms with Crippen molar-refractivity contribution >= 4 is 11.8 Å². The maximum atomic E-state index is 13.5. The summed E-state index contributed by atoms with van der Waals surface area (Å²) >= 11 is 0. The van der Waals surface area contributed by atoms with Crippen LogP contribution in [-0.4, -0.2) is 101 Å². The second-order valence-corrected chi connectivity index (χ2v) is 13.4. The van der Waals surface area contributed by atoms with Crippen LogP contribution in [0.4, 0.5) is 10.5 Å². The fourth-order valence-electron chi connectivity index (χ4n) is 6.83. The summed E-state index contributed by atoms with van der Waals surface area (Å²) in [5.41, 5.74) is 4.35. The van der Waals surface area contributed by atoms with Crippen molar-refractivity contribution in [3.05, 3.63) is 78.5 Å². The fourth-order valence-corrected chi connectivity index (χ4v) is 6.83. The first-order valence-electron chi connectivity index (χ1n) is 18.0. The molecule has 1 fully saturated rings. The van der Waals surface area contributed by atoms with E-state index in [1.807, 2.05) is 44.2 Å². The van der Waals surface area contributed by atoms with Crippen molar-refractivity contribution < 1.29 is 48.3 Å². The number of hydrogen-bond acceptors (Lipinski definition) is 14. The normalized spacial score (nSPS) is 12.8. The molecule has 16 nitrogen and oxygen atoms in total. The van der Waals surface area contributed by atoms with E-state index in [0.29, 0.717) is 88.4 Å². The molecular weight excluding hydrogens is 736 g/mol. The monoisotopic (exact) mass is 778 g/mol. The Hall–Kier alpha value is -7.10. The largest absolute Gasteiger partial charge is 0.508 e. The van der Waals surface area contributed by atoms with Gasteiger partial charge in [0.25, 0.3) is 0 Å². The van der Waals surface area contributed by atoms with Crippen molar-refractivity contribution in [2.24, 2.45) is 0 Å². The number of piperazine rings is 1. The highest BCUT2D eigenvalue weighted by Gasteiger charge is 2.26. The number of rotatable bonds is 11. The summed E-state index contributed by atoms with van der Waals surface area (Å²) in [4.78, 5) is 17.3. The molecule has 4 aromatic carbocycles. The lowest BCUT2D eigenvalue weighted by molar-refractivity contribution is 0.148. The summed E-state index contributed by atoms with van der Waals surface area (Å²) in [6, 6.07) is 18.7. The number of carbonyl (C=O) groups excluding carboxylic acids is 1. The minimum atomic E-state index is -0.524. The number of carbonyl (C=O) groups is 1. The number of anilines is 1. The Kier molecular flexibility index (Phi) is 10.7. The molecule has 3 N–H and O–H groups in total. The van der Waals surface area contributed by atoms with Crippen molar-refractivity contribution in [2.45, 2.75) is 19.8 Å². The number of phenols is 2. The van der Waals surface area contributed by atoms with E-state index in [4.69, 9.17) is 28.2 Å². The van der Waals surface area contributed by atoms with Gasteiger partial charge >= 0.3 is 12.1 Å². The number of aromatic nitrogens is 4. The second kappa shape index (κ2) is 15.9. The maximum absolute atomic E-state index is 13.5. The minimum absolute atomic E-state index is 0.0215. The van der Waals surface area contributed by atoms with Crippen molar-refractivity contribution in [1.82, 2.24) is 24.8 Å². The number of benzene rings is 4. The molecule has 296 valence electrons. The first-order chi connectivity index (χ1) is 27.5. The average molecular weight is 779 g/mol. The van der Waals surface area contributed by atoms with Gasteiger partial charge in [-0.2, -0.15) is 0 Å². The highest BCUT2D eigenvalue weighted by atomic mass is 16.6. The molecule has 1 saturated heterocycles. The van der Waals surface area contributed by atoms with Crippen LogP contribution in [-0.2, 0) is 0 Å². The molecule has 3 heterocycles. The van der Waals surface area contributed by atoms with E-state index >= 15 is 0 Å². The highest BCUT2D eigenvalue weighted by molar-refractivity contribution is 5.83. The van der Waals surface area contributed by atoms with E-state index in [0.717, 1.165) is 5.69 Å². The Bertz CT molecular complexity index is 2380. The summed E-state index contributed by atoms with van der Waals surface area (Å²) < 4.78 is 35.1. The lowest BCUT2D eigenvalue weighted by Crippen LogP contribution is -2.49. The van der Waals surface area contributed by atoms with Crippen LogP contribution in [0.5, 0.6) is 46.3 Å². The van der Waals surface area contributed by atoms with Crippen molar-refractivity contribution in [3.8, 4) is 85.8 Å². The third kappa shape index (κ3) is 7.36. The molecule has 0 aliphatic carbocycles. The van der Waals surface area contributed by atoms with E-state index in [1.54, 1.807) is 41.4 Å². The number of hydrogen-bond donors (Lipinski definition) is 3. The first-order valence-corrected chi connectivity index (χ1v) is 18.0. The summed E-state index contributed by atoms with van der Waals surface area (Å²) in [6.07, 6.45) is 1.05. The minimum Gasteiger partial charge on any atom is -0.508 e. The van der Waals surface area contributed by atoms with Crippen LogP contribution in [0.25, 0.3) is 39.5 Å². The molecule has 0 saturated carbocycles. The topological polar surface area (TPSA) is 187 Å². The van der Waals surface area contributed by atoms with Gasteiger partial charge < -0.3 is 53.3 Å². The molecule has 0 unspecified atom stereocenters. The average Bonchev–Trinajstić information content (AvgIpc) is 3.87. The molecule has 57 heavy (non-hydrogen) atoms. The Balaban J connectivity index is 1.04. The van der Waals surface area contributed by atoms with Crippen molar-refractivity contribution in [1.29, 1.82) is 0 Å². The van der Waals surface area contributed by atoms with Gasteiger partial charge in [-0.1, -0.05) is 30.2 Å². The fraction of sp³-hybridized carbons (Fsp3) is 0.268. The predicted octanol–water partition coefficient (Wildman–Crippen LogP) is 6.85. The molecule has 0 spiro atoms. The Morgan fingerprint density at radius 1 is 0.702 bits per heavy atom. The Labute approximate surface area is 328 Å². The zero-order chi connectivity index (χ0) is 40.4. The molecule has 16 heteroatoms. The van der Waals surface area contributed by atoms with Crippen LogP contribution in [0.2, 0.25) is 0 Å². The summed E-state index contributed by atoms with van der Waals surface area (Å²) in [5.74, 6) is 2.36. The zero-order valence-electron chi connectivity index (χ0n) is 32.2. The Morgan fingerprint density at radius 3 is 1.98 bits per heavy atom. The number of phenolic OH excluding ortho intramolecular Hbond substituents is 2. The van der Waals surface area contributed by atoms with Gasteiger partial charge in [-0.3, -0.25) is 0 Å². The quantitative estimate of drug-likeness (QED) is 0.124. The third-order valence-electron chi connectivity index (χ3n) is 9.83. The van der Waals surface area contributed by atoms with Crippen LogP contribution >= 0.6 is 0 Å². The van der Waals surface area contributed by atoms with E-state index in [1.165, 1.54) is 39.1 Å². The van der Waals surface area contributed by atoms with E-state index < -0.39 is 6.09 Å². The molecule has 6 aromatic rings. The van der Waals surface area contributed by atoms with Crippen LogP contribution < -0.4 is 28.6 Å². The number of amides is 1. The van der Waals surface area contributed by atoms with E-state index in [9.17, 15) is 20.1 Å². The summed E-state index contributed by atoms with van der Waals surface area (Å²) in [7, 11) is 6.09. The van der Waals surface area contributed by atoms with Gasteiger partial charge in [-0.05, 0) is 71.6 Å². The molecule has 0 atom stereocenters. The second-order valence-electron chi connectivity index (χ2n) is 13.4. The summed E-state index contributed by atoms with van der Waals surface area (Å²) in [6.45, 7) is 5.71. The predicted molar refractivity (Wildman–Crippen MR) is 209 cm³/mol. The van der Waals surface area contributed by atoms with Crippen LogP contribution in [0.15, 0.2) is 77.4 Å². The van der Waals surface area contributed by atoms with Crippen molar-refractivity contribution in [2.75, 3.05) is 59.5 Å². The standard InChI is InChI=1S/C41H42N6O10/c1-23(2)28-20-29(32(49)21-31(28)48)39-43-44-40(50)47(39)27-10-8-26(9-11-27)45-13-15-46(16-14-45)41(51)56-34-17-24(7-12-33(34)52-3)30-22-42-57-37(30)25-18-35(53-4)38(55-6)36(19-25)54-5/h7-12,17-23,48-49H,13-16H2,1-6H3,(H,44,50). The molecule has 2 aromatic heterocycles. The van der Waals surface area contributed by atoms with Gasteiger partial charge in [-0.15, -0.1) is 5.10 Å². The van der Waals surface area contributed by atoms with Crippen LogP contribution in [0, 0.1) is 0 Å². The number of methoxy groups -OCH3 is 4. The van der Waals surface area contributed by atoms with Gasteiger partial charge in [0.15, 0.2) is 34.6 Å². The van der Waals surface area contributed by atoms with Crippen LogP contribution in [0.3, 0.4) is 0 Å². The Morgan fingerprint density at radius 2 is 1.35 bits per heavy atom. The first kappa shape index (κ1) is 38.2. The highest BCUT2D eigenvalue weighted by Crippen LogP contribution is 2.44. The summed E-state index contributed by atoms with van der Waals surface area (Å²) in [5, 5.41) is 43.7. The molecule has 0 bridgehead atoms. The van der Waals surface area contributed by atoms with Gasteiger partial charge in [0.2, 0.25) is 5.75 Å². The van der Waals surface area contributed by atoms with Gasteiger partial charge in [0, 0.05) is 49.1 Å². The van der Waals surface area contributed by atoms with Crippen molar-refractivity contribution in [3.63, 3.8) is 0 Å². The molecule has 1 aliphatic rings.